The molecular formula is C21H23NO3S. The molecule has 0 spiro atoms. The molecule has 0 atom stereocenters. The van der Waals surface area contributed by atoms with Crippen LogP contribution < -0.4 is 14.8 Å². The molecule has 0 aromatic heterocycles. The van der Waals surface area contributed by atoms with Crippen LogP contribution in [0.4, 0.5) is 5.69 Å². The zero-order valence-electron chi connectivity index (χ0n) is 15.1. The molecule has 5 heteroatoms. The van der Waals surface area contributed by atoms with Gasteiger partial charge in [-0.15, -0.1) is 0 Å². The second-order valence-electron chi connectivity index (χ2n) is 5.93. The van der Waals surface area contributed by atoms with Gasteiger partial charge in [0.05, 0.1) is 23.8 Å². The fraction of sp³-hybridized carbons (Fsp3) is 0.286. The molecule has 2 aromatic rings. The number of rotatable bonds is 7. The minimum atomic E-state index is -0.0880. The van der Waals surface area contributed by atoms with Crippen molar-refractivity contribution in [3.8, 4) is 11.5 Å². The molecule has 0 fully saturated rings. The van der Waals surface area contributed by atoms with Gasteiger partial charge in [-0.3, -0.25) is 4.79 Å². The fourth-order valence-electron chi connectivity index (χ4n) is 2.54. The van der Waals surface area contributed by atoms with Gasteiger partial charge in [0.1, 0.15) is 11.5 Å². The summed E-state index contributed by atoms with van der Waals surface area (Å²) in [4.78, 5) is 14.0. The highest BCUT2D eigenvalue weighted by molar-refractivity contribution is 8.04. The third-order valence-corrected chi connectivity index (χ3v) is 4.98. The van der Waals surface area contributed by atoms with Crippen molar-refractivity contribution < 1.29 is 14.3 Å². The van der Waals surface area contributed by atoms with E-state index in [9.17, 15) is 4.79 Å². The van der Waals surface area contributed by atoms with Crippen molar-refractivity contribution >= 4 is 29.4 Å². The molecule has 3 rings (SSSR count). The number of unbranched alkanes of at least 4 members (excludes halogenated alkanes) is 1. The lowest BCUT2D eigenvalue weighted by molar-refractivity contribution is -0.112. The fourth-order valence-corrected chi connectivity index (χ4v) is 3.52. The predicted molar refractivity (Wildman–Crippen MR) is 107 cm³/mol. The van der Waals surface area contributed by atoms with Crippen molar-refractivity contribution in [2.45, 2.75) is 31.6 Å². The molecule has 26 heavy (non-hydrogen) atoms. The number of ether oxygens (including phenoxy) is 2. The molecular weight excluding hydrogens is 346 g/mol. The van der Waals surface area contributed by atoms with E-state index >= 15 is 0 Å². The normalized spacial score (nSPS) is 14.7. The third-order valence-electron chi connectivity index (χ3n) is 3.90. The highest BCUT2D eigenvalue weighted by Crippen LogP contribution is 2.40. The largest absolute Gasteiger partial charge is 0.494 e. The number of benzene rings is 2. The predicted octanol–water partition coefficient (Wildman–Crippen LogP) is 5.35. The second kappa shape index (κ2) is 8.81. The molecule has 4 nitrogen and oxygen atoms in total. The Bertz CT molecular complexity index is 799. The molecule has 2 aromatic carbocycles. The molecule has 0 unspecified atom stereocenters. The van der Waals surface area contributed by atoms with E-state index in [0.717, 1.165) is 47.1 Å². The second-order valence-corrected chi connectivity index (χ2v) is 7.01. The third kappa shape index (κ3) is 4.61. The number of hydrogen-bond acceptors (Lipinski definition) is 4. The van der Waals surface area contributed by atoms with Gasteiger partial charge in [-0.2, -0.15) is 0 Å². The van der Waals surface area contributed by atoms with Gasteiger partial charge in [0, 0.05) is 4.90 Å². The van der Waals surface area contributed by atoms with E-state index < -0.39 is 0 Å². The molecule has 1 aliphatic rings. The Morgan fingerprint density at radius 3 is 2.54 bits per heavy atom. The van der Waals surface area contributed by atoms with Gasteiger partial charge in [-0.05, 0) is 55.3 Å². The molecule has 0 aliphatic carbocycles. The Labute approximate surface area is 158 Å². The van der Waals surface area contributed by atoms with Crippen LogP contribution in [-0.4, -0.2) is 19.1 Å². The van der Waals surface area contributed by atoms with Crippen LogP contribution in [0.2, 0.25) is 0 Å². The summed E-state index contributed by atoms with van der Waals surface area (Å²) in [6.45, 7) is 5.44. The van der Waals surface area contributed by atoms with Crippen LogP contribution in [-0.2, 0) is 4.79 Å². The standard InChI is InChI=1S/C21H23NO3S/c1-3-5-12-25-16-8-6-15(7-9-16)13-20-21(23)22-18-11-10-17(24-4-2)14-19(18)26-20/h6-11,13-14H,3-5,12H2,1-2H3,(H,22,23)/b20-13-. The quantitative estimate of drug-likeness (QED) is 0.528. The van der Waals surface area contributed by atoms with E-state index in [1.54, 1.807) is 0 Å². The van der Waals surface area contributed by atoms with Crippen LogP contribution in [0.3, 0.4) is 0 Å². The topological polar surface area (TPSA) is 47.6 Å². The van der Waals surface area contributed by atoms with Crippen LogP contribution >= 0.6 is 11.8 Å². The summed E-state index contributed by atoms with van der Waals surface area (Å²) in [7, 11) is 0. The summed E-state index contributed by atoms with van der Waals surface area (Å²) in [5, 5.41) is 2.94. The maximum Gasteiger partial charge on any atom is 0.262 e. The van der Waals surface area contributed by atoms with Crippen molar-refractivity contribution in [3.05, 3.63) is 52.9 Å². The average molecular weight is 369 g/mol. The van der Waals surface area contributed by atoms with E-state index in [-0.39, 0.29) is 5.91 Å². The molecule has 1 N–H and O–H groups in total. The van der Waals surface area contributed by atoms with E-state index in [2.05, 4.69) is 12.2 Å². The molecule has 0 saturated heterocycles. The lowest BCUT2D eigenvalue weighted by Gasteiger charge is -2.19. The summed E-state index contributed by atoms with van der Waals surface area (Å²) in [6, 6.07) is 13.5. The van der Waals surface area contributed by atoms with Gasteiger partial charge in [0.25, 0.3) is 5.91 Å². The zero-order chi connectivity index (χ0) is 18.4. The minimum Gasteiger partial charge on any atom is -0.494 e. The van der Waals surface area contributed by atoms with Crippen molar-refractivity contribution in [2.24, 2.45) is 0 Å². The number of hydrogen-bond donors (Lipinski definition) is 1. The molecule has 0 radical (unpaired) electrons. The molecule has 136 valence electrons. The van der Waals surface area contributed by atoms with Crippen LogP contribution in [0.5, 0.6) is 11.5 Å². The maximum absolute atomic E-state index is 12.4. The number of anilines is 1. The number of carbonyl (C=O) groups excluding carboxylic acids is 1. The van der Waals surface area contributed by atoms with Crippen molar-refractivity contribution in [2.75, 3.05) is 18.5 Å². The van der Waals surface area contributed by atoms with Crippen molar-refractivity contribution in [1.29, 1.82) is 0 Å². The van der Waals surface area contributed by atoms with Crippen LogP contribution in [0.1, 0.15) is 32.3 Å². The summed E-state index contributed by atoms with van der Waals surface area (Å²) >= 11 is 1.46. The smallest absolute Gasteiger partial charge is 0.262 e. The number of amides is 1. The number of carbonyl (C=O) groups is 1. The minimum absolute atomic E-state index is 0.0880. The molecule has 0 saturated carbocycles. The highest BCUT2D eigenvalue weighted by Gasteiger charge is 2.21. The first kappa shape index (κ1) is 18.4. The average Bonchev–Trinajstić information content (AvgIpc) is 2.64. The van der Waals surface area contributed by atoms with Crippen molar-refractivity contribution in [1.82, 2.24) is 0 Å². The Morgan fingerprint density at radius 1 is 1.04 bits per heavy atom. The Morgan fingerprint density at radius 2 is 1.81 bits per heavy atom. The van der Waals surface area contributed by atoms with Gasteiger partial charge >= 0.3 is 0 Å². The Hall–Kier alpha value is -2.40. The van der Waals surface area contributed by atoms with Crippen LogP contribution in [0.15, 0.2) is 52.3 Å². The van der Waals surface area contributed by atoms with Crippen molar-refractivity contribution in [3.63, 3.8) is 0 Å². The summed E-state index contributed by atoms with van der Waals surface area (Å²) in [6.07, 6.45) is 4.06. The Balaban J connectivity index is 1.74. The number of nitrogens with one attached hydrogen (secondary N) is 1. The zero-order valence-corrected chi connectivity index (χ0v) is 15.9. The Kier molecular flexibility index (Phi) is 6.23. The summed E-state index contributed by atoms with van der Waals surface area (Å²) < 4.78 is 11.2. The first-order chi connectivity index (χ1) is 12.7. The van der Waals surface area contributed by atoms with Crippen LogP contribution in [0.25, 0.3) is 6.08 Å². The van der Waals surface area contributed by atoms with Gasteiger partial charge in [0.15, 0.2) is 0 Å². The van der Waals surface area contributed by atoms with E-state index in [4.69, 9.17) is 9.47 Å². The molecule has 0 bridgehead atoms. The number of fused-ring (bicyclic) bond motifs is 1. The van der Waals surface area contributed by atoms with E-state index in [0.29, 0.717) is 11.5 Å². The van der Waals surface area contributed by atoms with E-state index in [1.807, 2.05) is 55.5 Å². The lowest BCUT2D eigenvalue weighted by Crippen LogP contribution is -2.17. The first-order valence-corrected chi connectivity index (χ1v) is 9.72. The van der Waals surface area contributed by atoms with Gasteiger partial charge < -0.3 is 14.8 Å². The summed E-state index contributed by atoms with van der Waals surface area (Å²) in [5.74, 6) is 1.57. The van der Waals surface area contributed by atoms with E-state index in [1.165, 1.54) is 11.8 Å². The van der Waals surface area contributed by atoms with Gasteiger partial charge in [0.2, 0.25) is 0 Å². The van der Waals surface area contributed by atoms with Gasteiger partial charge in [-0.1, -0.05) is 37.2 Å². The molecule has 1 heterocycles. The molecule has 1 amide bonds. The highest BCUT2D eigenvalue weighted by atomic mass is 32.2. The maximum atomic E-state index is 12.4. The first-order valence-electron chi connectivity index (χ1n) is 8.90. The summed E-state index contributed by atoms with van der Waals surface area (Å²) in [5.41, 5.74) is 1.79. The van der Waals surface area contributed by atoms with Crippen LogP contribution in [0, 0.1) is 0 Å². The SMILES string of the molecule is CCCCOc1ccc(/C=C2\Sc3cc(OCC)ccc3NC2=O)cc1. The van der Waals surface area contributed by atoms with Gasteiger partial charge in [-0.25, -0.2) is 0 Å². The molecule has 1 aliphatic heterocycles. The monoisotopic (exact) mass is 369 g/mol. The number of thioether (sulfide) groups is 1. The lowest BCUT2D eigenvalue weighted by atomic mass is 10.2.